The van der Waals surface area contributed by atoms with Crippen molar-refractivity contribution < 1.29 is 19.5 Å². The van der Waals surface area contributed by atoms with Gasteiger partial charge in [-0.2, -0.15) is 0 Å². The van der Waals surface area contributed by atoms with Crippen molar-refractivity contribution in [2.24, 2.45) is 10.8 Å². The minimum absolute atomic E-state index is 0.0851. The SMILES string of the molecule is O=C1CC2(CCCCCC2)C(=O)N1CC1(C(=O)O)CCC1. The highest BCUT2D eigenvalue weighted by Gasteiger charge is 2.55. The fourth-order valence-electron chi connectivity index (χ4n) is 4.16. The van der Waals surface area contributed by atoms with Gasteiger partial charge >= 0.3 is 5.97 Å². The third-order valence-corrected chi connectivity index (χ3v) is 5.78. The first kappa shape index (κ1) is 14.5. The number of aliphatic carboxylic acids is 1. The Morgan fingerprint density at radius 1 is 1.00 bits per heavy atom. The van der Waals surface area contributed by atoms with Crippen molar-refractivity contribution in [2.45, 2.75) is 64.2 Å². The van der Waals surface area contributed by atoms with E-state index in [4.69, 9.17) is 0 Å². The van der Waals surface area contributed by atoms with E-state index in [1.165, 1.54) is 4.90 Å². The number of hydrogen-bond donors (Lipinski definition) is 1. The second kappa shape index (κ2) is 5.11. The molecule has 5 nitrogen and oxygen atoms in total. The van der Waals surface area contributed by atoms with Crippen LogP contribution in [0.2, 0.25) is 0 Å². The van der Waals surface area contributed by atoms with Crippen molar-refractivity contribution in [3.63, 3.8) is 0 Å². The Labute approximate surface area is 124 Å². The summed E-state index contributed by atoms with van der Waals surface area (Å²) in [6.45, 7) is 0.0851. The minimum atomic E-state index is -0.873. The lowest BCUT2D eigenvalue weighted by atomic mass is 9.68. The van der Waals surface area contributed by atoms with Crippen LogP contribution in [0.1, 0.15) is 64.2 Å². The van der Waals surface area contributed by atoms with Crippen LogP contribution in [0.25, 0.3) is 0 Å². The predicted octanol–water partition coefficient (Wildman–Crippen LogP) is 2.34. The largest absolute Gasteiger partial charge is 0.481 e. The maximum absolute atomic E-state index is 12.8. The zero-order valence-electron chi connectivity index (χ0n) is 12.4. The maximum atomic E-state index is 12.8. The predicted molar refractivity (Wildman–Crippen MR) is 75.4 cm³/mol. The third kappa shape index (κ3) is 2.27. The van der Waals surface area contributed by atoms with Gasteiger partial charge in [-0.05, 0) is 25.7 Å². The van der Waals surface area contributed by atoms with Crippen molar-refractivity contribution in [3.05, 3.63) is 0 Å². The molecule has 0 aromatic carbocycles. The van der Waals surface area contributed by atoms with Crippen LogP contribution in [-0.2, 0) is 14.4 Å². The van der Waals surface area contributed by atoms with Gasteiger partial charge in [-0.1, -0.05) is 32.1 Å². The van der Waals surface area contributed by atoms with Crippen LogP contribution < -0.4 is 0 Å². The maximum Gasteiger partial charge on any atom is 0.311 e. The van der Waals surface area contributed by atoms with Gasteiger partial charge in [0.2, 0.25) is 11.8 Å². The van der Waals surface area contributed by atoms with E-state index in [1.807, 2.05) is 0 Å². The number of hydrogen-bond acceptors (Lipinski definition) is 3. The molecular weight excluding hydrogens is 270 g/mol. The fourth-order valence-corrected chi connectivity index (χ4v) is 4.16. The number of carbonyl (C=O) groups is 3. The number of carboxylic acids is 1. The van der Waals surface area contributed by atoms with E-state index in [1.54, 1.807) is 0 Å². The van der Waals surface area contributed by atoms with Gasteiger partial charge in [-0.25, -0.2) is 0 Å². The molecule has 5 heteroatoms. The Morgan fingerprint density at radius 2 is 1.62 bits per heavy atom. The summed E-state index contributed by atoms with van der Waals surface area (Å²) in [5.74, 6) is -1.12. The molecular formula is C16H23NO4. The summed E-state index contributed by atoms with van der Waals surface area (Å²) in [6, 6.07) is 0. The quantitative estimate of drug-likeness (QED) is 0.810. The average Bonchev–Trinajstić information content (AvgIpc) is 2.57. The molecule has 2 amide bonds. The Morgan fingerprint density at radius 3 is 2.10 bits per heavy atom. The second-order valence-electron chi connectivity index (χ2n) is 7.10. The fraction of sp³-hybridized carbons (Fsp3) is 0.812. The Hall–Kier alpha value is -1.39. The Bertz CT molecular complexity index is 473. The zero-order chi connectivity index (χ0) is 15.1. The molecule has 3 fully saturated rings. The molecule has 1 N–H and O–H groups in total. The molecule has 116 valence electrons. The van der Waals surface area contributed by atoms with E-state index in [-0.39, 0.29) is 18.4 Å². The lowest BCUT2D eigenvalue weighted by Gasteiger charge is -2.40. The molecule has 0 aromatic rings. The van der Waals surface area contributed by atoms with Crippen LogP contribution >= 0.6 is 0 Å². The highest BCUT2D eigenvalue weighted by molar-refractivity contribution is 6.06. The number of amides is 2. The van der Waals surface area contributed by atoms with Gasteiger partial charge < -0.3 is 5.11 Å². The van der Waals surface area contributed by atoms with Gasteiger partial charge in [-0.15, -0.1) is 0 Å². The van der Waals surface area contributed by atoms with E-state index < -0.39 is 16.8 Å². The van der Waals surface area contributed by atoms with Gasteiger partial charge in [-0.3, -0.25) is 19.3 Å². The molecule has 1 heterocycles. The van der Waals surface area contributed by atoms with E-state index in [0.717, 1.165) is 44.9 Å². The van der Waals surface area contributed by atoms with Crippen molar-refractivity contribution in [1.29, 1.82) is 0 Å². The van der Waals surface area contributed by atoms with Crippen molar-refractivity contribution in [2.75, 3.05) is 6.54 Å². The number of rotatable bonds is 3. The van der Waals surface area contributed by atoms with E-state index in [2.05, 4.69) is 0 Å². The summed E-state index contributed by atoms with van der Waals surface area (Å²) in [4.78, 5) is 37.9. The van der Waals surface area contributed by atoms with Crippen LogP contribution in [0.3, 0.4) is 0 Å². The zero-order valence-corrected chi connectivity index (χ0v) is 12.4. The first-order chi connectivity index (χ1) is 9.99. The summed E-state index contributed by atoms with van der Waals surface area (Å²) in [6.07, 6.45) is 8.13. The number of nitrogens with zero attached hydrogens (tertiary/aromatic N) is 1. The van der Waals surface area contributed by atoms with Crippen LogP contribution in [0.4, 0.5) is 0 Å². The van der Waals surface area contributed by atoms with Gasteiger partial charge in [0.25, 0.3) is 0 Å². The van der Waals surface area contributed by atoms with Crippen LogP contribution in [-0.4, -0.2) is 34.3 Å². The highest BCUT2D eigenvalue weighted by Crippen LogP contribution is 2.48. The summed E-state index contributed by atoms with van der Waals surface area (Å²) in [7, 11) is 0. The standard InChI is InChI=1S/C16H23NO4/c18-12-10-15(6-3-1-2-4-7-15)13(19)17(12)11-16(14(20)21)8-5-9-16/h1-11H2,(H,20,21). The number of likely N-dealkylation sites (tertiary alicyclic amines) is 1. The molecule has 0 unspecified atom stereocenters. The van der Waals surface area contributed by atoms with Gasteiger partial charge in [0.05, 0.1) is 10.8 Å². The topological polar surface area (TPSA) is 74.7 Å². The van der Waals surface area contributed by atoms with Crippen LogP contribution in [0, 0.1) is 10.8 Å². The van der Waals surface area contributed by atoms with E-state index in [9.17, 15) is 19.5 Å². The van der Waals surface area contributed by atoms with Crippen LogP contribution in [0.5, 0.6) is 0 Å². The summed E-state index contributed by atoms with van der Waals surface area (Å²) >= 11 is 0. The summed E-state index contributed by atoms with van der Waals surface area (Å²) < 4.78 is 0. The van der Waals surface area contributed by atoms with Gasteiger partial charge in [0, 0.05) is 13.0 Å². The first-order valence-electron chi connectivity index (χ1n) is 8.07. The van der Waals surface area contributed by atoms with Crippen molar-refractivity contribution >= 4 is 17.8 Å². The van der Waals surface area contributed by atoms with E-state index in [0.29, 0.717) is 19.3 Å². The number of carbonyl (C=O) groups excluding carboxylic acids is 2. The third-order valence-electron chi connectivity index (χ3n) is 5.78. The van der Waals surface area contributed by atoms with Gasteiger partial charge in [0.15, 0.2) is 0 Å². The number of carboxylic acid groups (broad SMARTS) is 1. The molecule has 0 radical (unpaired) electrons. The van der Waals surface area contributed by atoms with E-state index >= 15 is 0 Å². The molecule has 3 rings (SSSR count). The smallest absolute Gasteiger partial charge is 0.311 e. The first-order valence-corrected chi connectivity index (χ1v) is 8.07. The highest BCUT2D eigenvalue weighted by atomic mass is 16.4. The molecule has 1 spiro atoms. The second-order valence-corrected chi connectivity index (χ2v) is 7.10. The lowest BCUT2D eigenvalue weighted by molar-refractivity contribution is -0.159. The number of imide groups is 1. The molecule has 1 aliphatic heterocycles. The minimum Gasteiger partial charge on any atom is -0.481 e. The molecule has 0 aromatic heterocycles. The Kier molecular flexibility index (Phi) is 3.54. The molecule has 21 heavy (non-hydrogen) atoms. The molecule has 3 aliphatic rings. The average molecular weight is 293 g/mol. The monoisotopic (exact) mass is 293 g/mol. The Balaban J connectivity index is 1.79. The lowest BCUT2D eigenvalue weighted by Crippen LogP contribution is -2.50. The molecule has 1 saturated heterocycles. The molecule has 0 bridgehead atoms. The van der Waals surface area contributed by atoms with Crippen molar-refractivity contribution in [3.8, 4) is 0 Å². The summed E-state index contributed by atoms with van der Waals surface area (Å²) in [5, 5.41) is 9.41. The molecule has 2 saturated carbocycles. The molecule has 2 aliphatic carbocycles. The van der Waals surface area contributed by atoms with Crippen LogP contribution in [0.15, 0.2) is 0 Å². The van der Waals surface area contributed by atoms with Crippen molar-refractivity contribution in [1.82, 2.24) is 4.90 Å². The molecule has 0 atom stereocenters. The summed E-state index contributed by atoms with van der Waals surface area (Å²) in [5.41, 5.74) is -1.39. The normalized spacial score (nSPS) is 27.5. The van der Waals surface area contributed by atoms with Gasteiger partial charge in [0.1, 0.15) is 0 Å².